The highest BCUT2D eigenvalue weighted by molar-refractivity contribution is 4.88. The molecule has 3 heteroatoms. The van der Waals surface area contributed by atoms with Gasteiger partial charge in [-0.15, -0.1) is 0 Å². The summed E-state index contributed by atoms with van der Waals surface area (Å²) in [6.07, 6.45) is 3.50. The van der Waals surface area contributed by atoms with Crippen LogP contribution in [-0.4, -0.2) is 4.98 Å². The molecule has 0 aliphatic rings. The van der Waals surface area contributed by atoms with E-state index in [-0.39, 0.29) is 36.4 Å². The average Bonchev–Trinajstić information content (AvgIpc) is 1.72. The van der Waals surface area contributed by atoms with E-state index in [0.717, 1.165) is 0 Å². The Labute approximate surface area is 71.9 Å². The van der Waals surface area contributed by atoms with Crippen molar-refractivity contribution < 1.29 is 36.4 Å². The monoisotopic (exact) mass is 243 g/mol. The molecule has 1 nitrogen and oxygen atoms in total. The molecule has 1 aromatic rings. The highest BCUT2D eigenvalue weighted by Gasteiger charge is 1.58. The Morgan fingerprint density at radius 1 is 0.875 bits per heavy atom. The van der Waals surface area contributed by atoms with E-state index in [1.165, 1.54) is 0 Å². The number of rotatable bonds is 0. The van der Waals surface area contributed by atoms with Crippen LogP contribution in [-0.2, 0) is 0 Å². The van der Waals surface area contributed by atoms with Crippen LogP contribution >= 0.6 is 0 Å². The maximum atomic E-state index is 3.78. The van der Waals surface area contributed by atoms with Gasteiger partial charge in [-0.05, 0) is 12.1 Å². The van der Waals surface area contributed by atoms with Crippen LogP contribution in [0.25, 0.3) is 0 Å². The van der Waals surface area contributed by atoms with Gasteiger partial charge in [0.2, 0.25) is 24.0 Å². The molecular formula is C5H7ClIN. The van der Waals surface area contributed by atoms with Gasteiger partial charge in [-0.25, -0.2) is 0 Å². The van der Waals surface area contributed by atoms with Crippen LogP contribution in [0.5, 0.6) is 0 Å². The summed E-state index contributed by atoms with van der Waals surface area (Å²) in [5.74, 6) is 0. The Balaban J connectivity index is 0. The van der Waals surface area contributed by atoms with Crippen LogP contribution in [0.1, 0.15) is 0 Å². The minimum atomic E-state index is 0. The van der Waals surface area contributed by atoms with Crippen molar-refractivity contribution in [3.8, 4) is 0 Å². The lowest BCUT2D eigenvalue weighted by Crippen LogP contribution is -3.00. The van der Waals surface area contributed by atoms with Gasteiger partial charge in [-0.3, -0.25) is 4.98 Å². The zero-order valence-corrected chi connectivity index (χ0v) is 7.47. The van der Waals surface area contributed by atoms with E-state index in [4.69, 9.17) is 0 Å². The second-order valence-electron chi connectivity index (χ2n) is 1.02. The van der Waals surface area contributed by atoms with Gasteiger partial charge in [-0.2, -0.15) is 0 Å². The first-order valence-electron chi connectivity index (χ1n) is 1.85. The van der Waals surface area contributed by atoms with Crippen molar-refractivity contribution in [3.63, 3.8) is 0 Å². The van der Waals surface area contributed by atoms with Crippen molar-refractivity contribution in [1.29, 1.82) is 0 Å². The number of halogens is 2. The largest absolute Gasteiger partial charge is 1.00 e. The lowest BCUT2D eigenvalue weighted by Gasteiger charge is -1.70. The molecule has 0 N–H and O–H groups in total. The second kappa shape index (κ2) is 7.17. The van der Waals surface area contributed by atoms with Crippen LogP contribution in [0.4, 0.5) is 0 Å². The third-order valence-corrected chi connectivity index (χ3v) is 0.566. The third kappa shape index (κ3) is 4.33. The Hall–Kier alpha value is 0.170. The normalized spacial score (nSPS) is 6.00. The van der Waals surface area contributed by atoms with Crippen molar-refractivity contribution in [3.05, 3.63) is 30.6 Å². The maximum absolute atomic E-state index is 3.78. The highest BCUT2D eigenvalue weighted by Crippen LogP contribution is 1.73. The summed E-state index contributed by atoms with van der Waals surface area (Å²) in [6.45, 7) is 0. The number of hydrogen-bond donors (Lipinski definition) is 0. The first-order valence-corrected chi connectivity index (χ1v) is 1.85. The zero-order valence-electron chi connectivity index (χ0n) is 4.16. The fourth-order valence-electron chi connectivity index (χ4n) is 0.313. The van der Waals surface area contributed by atoms with Gasteiger partial charge in [0.1, 0.15) is 0 Å². The van der Waals surface area contributed by atoms with Crippen LogP contribution in [0.3, 0.4) is 0 Å². The van der Waals surface area contributed by atoms with Crippen molar-refractivity contribution in [1.82, 2.24) is 4.98 Å². The summed E-state index contributed by atoms with van der Waals surface area (Å²) in [5.41, 5.74) is 0. The van der Waals surface area contributed by atoms with E-state index >= 15 is 0 Å². The third-order valence-electron chi connectivity index (χ3n) is 0.566. The Morgan fingerprint density at radius 3 is 1.50 bits per heavy atom. The number of hydrogen-bond acceptors (Lipinski definition) is 1. The van der Waals surface area contributed by atoms with Crippen LogP contribution < -0.4 is 36.4 Å². The number of pyridine rings is 1. The van der Waals surface area contributed by atoms with Gasteiger partial charge < -0.3 is 12.4 Å². The zero-order chi connectivity index (χ0) is 4.24. The van der Waals surface area contributed by atoms with Crippen molar-refractivity contribution in [2.75, 3.05) is 0 Å². The van der Waals surface area contributed by atoms with Gasteiger partial charge in [0.05, 0.1) is 0 Å². The first-order chi connectivity index (χ1) is 3.00. The van der Waals surface area contributed by atoms with E-state index in [1.807, 2.05) is 18.2 Å². The summed E-state index contributed by atoms with van der Waals surface area (Å²) in [5, 5.41) is 0. The van der Waals surface area contributed by atoms with E-state index < -0.39 is 0 Å². The van der Waals surface area contributed by atoms with E-state index in [0.29, 0.717) is 0 Å². The highest BCUT2D eigenvalue weighted by atomic mass is 127. The average molecular weight is 243 g/mol. The molecule has 0 spiro atoms. The fraction of sp³-hybridized carbons (Fsp3) is 0. The molecule has 1 heterocycles. The first kappa shape index (κ1) is 11.0. The molecule has 0 aliphatic heterocycles. The molecule has 0 saturated carbocycles. The van der Waals surface area contributed by atoms with Gasteiger partial charge in [-0.1, -0.05) is 6.07 Å². The molecule has 46 valence electrons. The molecule has 8 heavy (non-hydrogen) atoms. The molecule has 1 rings (SSSR count). The number of nitrogens with zero attached hydrogens (tertiary/aromatic N) is 1. The van der Waals surface area contributed by atoms with Crippen LogP contribution in [0, 0.1) is 0 Å². The fourth-order valence-corrected chi connectivity index (χ4v) is 0.313. The van der Waals surface area contributed by atoms with Crippen molar-refractivity contribution in [2.45, 2.75) is 0 Å². The topological polar surface area (TPSA) is 12.9 Å². The van der Waals surface area contributed by atoms with E-state index in [2.05, 4.69) is 4.98 Å². The summed E-state index contributed by atoms with van der Waals surface area (Å²) >= 11 is 0. The molecule has 0 radical (unpaired) electrons. The lowest BCUT2D eigenvalue weighted by atomic mass is 10.5. The Bertz CT molecular complexity index is 84.4. The Kier molecular flexibility index (Phi) is 9.89. The van der Waals surface area contributed by atoms with Gasteiger partial charge >= 0.3 is 0 Å². The van der Waals surface area contributed by atoms with E-state index in [9.17, 15) is 0 Å². The van der Waals surface area contributed by atoms with Crippen molar-refractivity contribution in [2.24, 2.45) is 0 Å². The van der Waals surface area contributed by atoms with Gasteiger partial charge in [0.15, 0.2) is 0 Å². The second-order valence-corrected chi connectivity index (χ2v) is 1.02. The summed E-state index contributed by atoms with van der Waals surface area (Å²) < 4.78 is 0. The minimum absolute atomic E-state index is 0. The predicted molar refractivity (Wildman–Crippen MR) is 27.0 cm³/mol. The molecule has 0 unspecified atom stereocenters. The molecule has 0 aromatic carbocycles. The SMILES string of the molecule is [Cl-].[IH2+].c1ccncc1. The van der Waals surface area contributed by atoms with Crippen molar-refractivity contribution >= 4 is 0 Å². The van der Waals surface area contributed by atoms with E-state index in [1.54, 1.807) is 12.4 Å². The molecule has 0 fully saturated rings. The molecule has 0 atom stereocenters. The summed E-state index contributed by atoms with van der Waals surface area (Å²) in [4.78, 5) is 3.78. The van der Waals surface area contributed by atoms with Crippen LogP contribution in [0.2, 0.25) is 0 Å². The molecular weight excluding hydrogens is 236 g/mol. The standard InChI is InChI=1S/C5H5N.ClH.H2I/c1-2-4-6-5-3-1;;/h1-5H;1H;1H2/q;;+1/p-1. The maximum Gasteiger partial charge on any atom is 0.235 e. The smallest absolute Gasteiger partial charge is 0.235 e. The summed E-state index contributed by atoms with van der Waals surface area (Å²) in [6, 6.07) is 5.72. The summed E-state index contributed by atoms with van der Waals surface area (Å²) in [7, 11) is 0. The predicted octanol–water partition coefficient (Wildman–Crippen LogP) is -5.45. The molecule has 0 saturated heterocycles. The molecule has 0 amide bonds. The molecule has 1 aromatic heterocycles. The minimum Gasteiger partial charge on any atom is -1.00 e. The molecule has 0 aliphatic carbocycles. The Morgan fingerprint density at radius 2 is 1.38 bits per heavy atom. The van der Waals surface area contributed by atoms with Gasteiger partial charge in [0, 0.05) is 12.4 Å². The lowest BCUT2D eigenvalue weighted by molar-refractivity contribution is -0.00100. The van der Waals surface area contributed by atoms with Crippen LogP contribution in [0.15, 0.2) is 30.6 Å². The quantitative estimate of drug-likeness (QED) is 0.415. The van der Waals surface area contributed by atoms with Gasteiger partial charge in [0.25, 0.3) is 0 Å². The molecule has 0 bridgehead atoms. The number of aromatic nitrogens is 1.